The first-order valence-corrected chi connectivity index (χ1v) is 20.6. The summed E-state index contributed by atoms with van der Waals surface area (Å²) in [5.41, 5.74) is 2.04. The monoisotopic (exact) mass is 656 g/mol. The molecule has 4 rings (SSSR count). The number of hydrogen-bond acceptors (Lipinski definition) is 12. The summed E-state index contributed by atoms with van der Waals surface area (Å²) in [6.45, 7) is 0. The minimum absolute atomic E-state index is 0.112. The molecule has 2 unspecified atom stereocenters. The maximum atomic E-state index is 5.74. The highest BCUT2D eigenvalue weighted by Crippen LogP contribution is 2.52. The second-order valence-corrected chi connectivity index (χ2v) is 19.9. The topological polar surface area (TPSA) is 81.2 Å². The quantitative estimate of drug-likeness (QED) is 0.0837. The molecule has 218 valence electrons. The molecule has 0 fully saturated rings. The van der Waals surface area contributed by atoms with Crippen molar-refractivity contribution in [3.8, 4) is 0 Å². The van der Waals surface area contributed by atoms with Crippen LogP contribution in [-0.4, -0.2) is 70.2 Å². The summed E-state index contributed by atoms with van der Waals surface area (Å²) >= 11 is 3.48. The SMILES string of the molecule is CO[Si](CCC(SSC(CC[Si](OC)(OC)OC)c1nc2ccccc2s1)c1nc2ccccc2s1)(OC)OC. The van der Waals surface area contributed by atoms with E-state index in [-0.39, 0.29) is 10.5 Å². The Morgan fingerprint density at radius 1 is 0.600 bits per heavy atom. The smallest absolute Gasteiger partial charge is 0.377 e. The molecule has 14 heteroatoms. The third-order valence-corrected chi connectivity index (χ3v) is 18.1. The molecule has 0 N–H and O–H groups in total. The minimum Gasteiger partial charge on any atom is -0.377 e. The van der Waals surface area contributed by atoms with E-state index in [0.29, 0.717) is 12.1 Å². The molecule has 0 amide bonds. The van der Waals surface area contributed by atoms with E-state index >= 15 is 0 Å². The lowest BCUT2D eigenvalue weighted by atomic mass is 10.3. The summed E-state index contributed by atoms with van der Waals surface area (Å²) in [6.07, 6.45) is 1.61. The van der Waals surface area contributed by atoms with Crippen molar-refractivity contribution >= 4 is 82.3 Å². The lowest BCUT2D eigenvalue weighted by molar-refractivity contribution is 0.122. The summed E-state index contributed by atoms with van der Waals surface area (Å²) in [5.74, 6) is 0. The molecular formula is C26H36N2O6S4Si2. The molecule has 2 heterocycles. The van der Waals surface area contributed by atoms with Gasteiger partial charge in [0.05, 0.1) is 30.9 Å². The van der Waals surface area contributed by atoms with Crippen molar-refractivity contribution in [1.82, 2.24) is 9.97 Å². The number of aromatic nitrogens is 2. The summed E-state index contributed by atoms with van der Waals surface area (Å²) in [7, 11) is 8.12. The van der Waals surface area contributed by atoms with Crippen molar-refractivity contribution in [3.63, 3.8) is 0 Å². The van der Waals surface area contributed by atoms with Gasteiger partial charge in [-0.3, -0.25) is 0 Å². The molecule has 0 bridgehead atoms. The van der Waals surface area contributed by atoms with E-state index in [1.54, 1.807) is 65.3 Å². The number of benzene rings is 2. The largest absolute Gasteiger partial charge is 0.500 e. The van der Waals surface area contributed by atoms with Crippen LogP contribution < -0.4 is 0 Å². The van der Waals surface area contributed by atoms with Crippen LogP contribution in [-0.2, 0) is 26.6 Å². The Bertz CT molecular complexity index is 1170. The van der Waals surface area contributed by atoms with Gasteiger partial charge in [0.15, 0.2) is 0 Å². The number of hydrogen-bond donors (Lipinski definition) is 0. The molecule has 4 aromatic rings. The zero-order chi connectivity index (χ0) is 28.6. The molecule has 0 radical (unpaired) electrons. The van der Waals surface area contributed by atoms with E-state index in [4.69, 9.17) is 36.5 Å². The summed E-state index contributed by atoms with van der Waals surface area (Å²) in [5, 5.41) is 2.39. The molecule has 8 nitrogen and oxygen atoms in total. The Morgan fingerprint density at radius 2 is 0.950 bits per heavy atom. The van der Waals surface area contributed by atoms with Crippen molar-refractivity contribution in [2.45, 2.75) is 35.4 Å². The number of para-hydroxylation sites is 2. The first-order valence-electron chi connectivity index (χ1n) is 12.8. The molecule has 2 atom stereocenters. The minimum atomic E-state index is -2.75. The highest BCUT2D eigenvalue weighted by atomic mass is 33.1. The summed E-state index contributed by atoms with van der Waals surface area (Å²) < 4.78 is 36.8. The molecule has 2 aromatic heterocycles. The Morgan fingerprint density at radius 3 is 1.27 bits per heavy atom. The zero-order valence-electron chi connectivity index (χ0n) is 23.6. The van der Waals surface area contributed by atoms with E-state index in [0.717, 1.165) is 33.9 Å². The van der Waals surface area contributed by atoms with E-state index in [1.807, 2.05) is 33.7 Å². The Balaban J connectivity index is 1.61. The first-order chi connectivity index (χ1) is 19.4. The second kappa shape index (κ2) is 15.0. The van der Waals surface area contributed by atoms with E-state index in [9.17, 15) is 0 Å². The van der Waals surface area contributed by atoms with E-state index in [1.165, 1.54) is 9.40 Å². The molecule has 0 aliphatic heterocycles. The molecule has 0 saturated heterocycles. The second-order valence-electron chi connectivity index (χ2n) is 8.88. The maximum Gasteiger partial charge on any atom is 0.500 e. The molecule has 40 heavy (non-hydrogen) atoms. The van der Waals surface area contributed by atoms with Crippen LogP contribution in [0.5, 0.6) is 0 Å². The fourth-order valence-corrected chi connectivity index (χ4v) is 14.1. The molecule has 2 aromatic carbocycles. The van der Waals surface area contributed by atoms with Crippen molar-refractivity contribution in [2.75, 3.05) is 42.7 Å². The van der Waals surface area contributed by atoms with Gasteiger partial charge in [0.25, 0.3) is 0 Å². The lowest BCUT2D eigenvalue weighted by Crippen LogP contribution is -2.42. The number of thiazole rings is 2. The molecule has 0 aliphatic rings. The molecule has 0 saturated carbocycles. The normalized spacial score (nSPS) is 14.2. The Hall–Kier alpha value is -0.886. The van der Waals surface area contributed by atoms with Crippen LogP contribution in [0.15, 0.2) is 48.5 Å². The highest BCUT2D eigenvalue weighted by molar-refractivity contribution is 8.76. The predicted molar refractivity (Wildman–Crippen MR) is 172 cm³/mol. The predicted octanol–water partition coefficient (Wildman–Crippen LogP) is 7.61. The van der Waals surface area contributed by atoms with Gasteiger partial charge >= 0.3 is 17.6 Å². The third kappa shape index (κ3) is 7.54. The molecule has 0 aliphatic carbocycles. The van der Waals surface area contributed by atoms with Gasteiger partial charge in [-0.15, -0.1) is 22.7 Å². The zero-order valence-corrected chi connectivity index (χ0v) is 28.8. The van der Waals surface area contributed by atoms with Gasteiger partial charge in [0.1, 0.15) is 10.0 Å². The van der Waals surface area contributed by atoms with Gasteiger partial charge in [-0.25, -0.2) is 9.97 Å². The number of rotatable bonds is 17. The average molecular weight is 657 g/mol. The standard InChI is InChI=1S/C26H36N2O6S4Si2/c1-29-39(30-2,31-3)17-15-23(25-27-19-11-7-9-13-21(19)35-25)37-38-24(16-18-40(32-4,33-5)34-6)26-28-20-12-8-10-14-22(20)36-26/h7-14,23-24H,15-18H2,1-6H3. The fraction of sp³-hybridized carbons (Fsp3) is 0.462. The fourth-order valence-electron chi connectivity index (χ4n) is 4.34. The van der Waals surface area contributed by atoms with E-state index in [2.05, 4.69) is 36.4 Å². The van der Waals surface area contributed by atoms with Crippen molar-refractivity contribution in [3.05, 3.63) is 58.5 Å². The molecule has 0 spiro atoms. The van der Waals surface area contributed by atoms with Crippen LogP contribution >= 0.6 is 44.3 Å². The van der Waals surface area contributed by atoms with E-state index < -0.39 is 17.6 Å². The van der Waals surface area contributed by atoms with Gasteiger partial charge in [0, 0.05) is 54.7 Å². The highest BCUT2D eigenvalue weighted by Gasteiger charge is 2.40. The van der Waals surface area contributed by atoms with Gasteiger partial charge in [-0.1, -0.05) is 45.9 Å². The van der Waals surface area contributed by atoms with Crippen molar-refractivity contribution in [2.24, 2.45) is 0 Å². The Kier molecular flexibility index (Phi) is 12.0. The van der Waals surface area contributed by atoms with Crippen LogP contribution in [0, 0.1) is 0 Å². The first kappa shape index (κ1) is 32.0. The summed E-state index contributed by atoms with van der Waals surface area (Å²) in [6, 6.07) is 17.9. The van der Waals surface area contributed by atoms with Gasteiger partial charge in [-0.05, 0) is 37.1 Å². The van der Waals surface area contributed by atoms with Gasteiger partial charge in [-0.2, -0.15) is 0 Å². The maximum absolute atomic E-state index is 5.74. The third-order valence-electron chi connectivity index (χ3n) is 6.75. The Labute approximate surface area is 254 Å². The van der Waals surface area contributed by atoms with Crippen LogP contribution in [0.3, 0.4) is 0 Å². The van der Waals surface area contributed by atoms with Crippen LogP contribution in [0.25, 0.3) is 20.4 Å². The number of nitrogens with zero attached hydrogens (tertiary/aromatic N) is 2. The van der Waals surface area contributed by atoms with Crippen molar-refractivity contribution < 1.29 is 26.6 Å². The average Bonchev–Trinajstić information content (AvgIpc) is 3.63. The van der Waals surface area contributed by atoms with Crippen molar-refractivity contribution in [1.29, 1.82) is 0 Å². The summed E-state index contributed by atoms with van der Waals surface area (Å²) in [4.78, 5) is 10.0. The van der Waals surface area contributed by atoms with Gasteiger partial charge in [0.2, 0.25) is 0 Å². The van der Waals surface area contributed by atoms with Gasteiger partial charge < -0.3 is 26.6 Å². The molecular weight excluding hydrogens is 621 g/mol. The number of fused-ring (bicyclic) bond motifs is 2. The lowest BCUT2D eigenvalue weighted by Gasteiger charge is -2.27. The van der Waals surface area contributed by atoms with Crippen LogP contribution in [0.1, 0.15) is 33.4 Å². The van der Waals surface area contributed by atoms with Crippen LogP contribution in [0.4, 0.5) is 0 Å². The van der Waals surface area contributed by atoms with Crippen LogP contribution in [0.2, 0.25) is 12.1 Å².